The zero-order chi connectivity index (χ0) is 17.4. The zero-order valence-electron chi connectivity index (χ0n) is 13.8. The molecule has 7 nitrogen and oxygen atoms in total. The number of rotatable bonds is 4. The van der Waals surface area contributed by atoms with E-state index in [1.807, 2.05) is 22.8 Å². The summed E-state index contributed by atoms with van der Waals surface area (Å²) in [5.74, 6) is -0.0146. The molecule has 2 aliphatic rings. The minimum absolute atomic E-state index is 0.0196. The molecule has 2 saturated heterocycles. The largest absolute Gasteiger partial charge is 0.372 e. The topological polar surface area (TPSA) is 90.3 Å². The molecule has 0 bridgehead atoms. The number of sulfone groups is 1. The number of pyridine rings is 1. The van der Waals surface area contributed by atoms with Crippen LogP contribution in [0.1, 0.15) is 31.1 Å². The van der Waals surface area contributed by atoms with E-state index in [-0.39, 0.29) is 36.1 Å². The van der Waals surface area contributed by atoms with E-state index >= 15 is 0 Å². The van der Waals surface area contributed by atoms with Gasteiger partial charge in [-0.05, 0) is 37.5 Å². The maximum atomic E-state index is 12.5. The summed E-state index contributed by atoms with van der Waals surface area (Å²) in [6.45, 7) is 0.845. The molecule has 8 heteroatoms. The molecule has 2 fully saturated rings. The van der Waals surface area contributed by atoms with Crippen molar-refractivity contribution < 1.29 is 17.9 Å². The second-order valence-electron chi connectivity index (χ2n) is 6.74. The lowest BCUT2D eigenvalue weighted by molar-refractivity contribution is -0.122. The smallest absolute Gasteiger partial charge is 0.240 e. The van der Waals surface area contributed by atoms with Crippen LogP contribution in [0.3, 0.4) is 0 Å². The van der Waals surface area contributed by atoms with Gasteiger partial charge in [0.15, 0.2) is 9.84 Å². The molecule has 0 saturated carbocycles. The molecule has 1 N–H and O–H groups in total. The van der Waals surface area contributed by atoms with E-state index in [2.05, 4.69) is 10.3 Å². The van der Waals surface area contributed by atoms with Crippen molar-refractivity contribution >= 4 is 26.8 Å². The van der Waals surface area contributed by atoms with Gasteiger partial charge in [-0.1, -0.05) is 0 Å². The second kappa shape index (κ2) is 6.42. The third-order valence-electron chi connectivity index (χ3n) is 4.85. The number of hydrogen-bond donors (Lipinski definition) is 1. The Morgan fingerprint density at radius 1 is 1.40 bits per heavy atom. The van der Waals surface area contributed by atoms with Gasteiger partial charge in [0.25, 0.3) is 0 Å². The number of nitrogens with one attached hydrogen (secondary N) is 1. The molecule has 2 aliphatic heterocycles. The van der Waals surface area contributed by atoms with E-state index in [1.165, 1.54) is 0 Å². The lowest BCUT2D eigenvalue weighted by Crippen LogP contribution is -2.38. The first-order valence-corrected chi connectivity index (χ1v) is 10.4. The molecule has 25 heavy (non-hydrogen) atoms. The molecule has 2 aromatic rings. The number of nitrogens with zero attached hydrogens (tertiary/aromatic N) is 2. The molecule has 2 atom stereocenters. The Balaban J connectivity index is 1.57. The summed E-state index contributed by atoms with van der Waals surface area (Å²) in [4.78, 5) is 16.9. The molecule has 4 heterocycles. The van der Waals surface area contributed by atoms with Gasteiger partial charge < -0.3 is 14.6 Å². The van der Waals surface area contributed by atoms with Crippen LogP contribution in [0.25, 0.3) is 11.0 Å². The Morgan fingerprint density at radius 2 is 2.28 bits per heavy atom. The Labute approximate surface area is 146 Å². The predicted octanol–water partition coefficient (Wildman–Crippen LogP) is 1.19. The first-order valence-electron chi connectivity index (χ1n) is 8.57. The highest BCUT2D eigenvalue weighted by Crippen LogP contribution is 2.32. The van der Waals surface area contributed by atoms with Crippen molar-refractivity contribution in [3.8, 4) is 0 Å². The highest BCUT2D eigenvalue weighted by molar-refractivity contribution is 7.91. The van der Waals surface area contributed by atoms with E-state index < -0.39 is 9.84 Å². The predicted molar refractivity (Wildman–Crippen MR) is 92.9 cm³/mol. The highest BCUT2D eigenvalue weighted by Gasteiger charge is 2.30. The maximum Gasteiger partial charge on any atom is 0.240 e. The third-order valence-corrected chi connectivity index (χ3v) is 6.61. The first-order chi connectivity index (χ1) is 12.0. The molecular weight excluding hydrogens is 342 g/mol. The van der Waals surface area contributed by atoms with Crippen LogP contribution in [-0.4, -0.2) is 48.0 Å². The summed E-state index contributed by atoms with van der Waals surface area (Å²) in [6.07, 6.45) is 4.11. The number of hydrogen-bond acceptors (Lipinski definition) is 5. The molecule has 134 valence electrons. The molecule has 4 rings (SSSR count). The SMILES string of the molecule is O=C(Cn1c([C@@H]2CCCO2)cc2cccnc21)N[C@@H]1CCS(=O)(=O)C1. The highest BCUT2D eigenvalue weighted by atomic mass is 32.2. The van der Waals surface area contributed by atoms with E-state index in [0.717, 1.165) is 36.2 Å². The van der Waals surface area contributed by atoms with Crippen molar-refractivity contribution in [3.63, 3.8) is 0 Å². The van der Waals surface area contributed by atoms with Crippen LogP contribution in [-0.2, 0) is 25.9 Å². The Hall–Kier alpha value is -1.93. The van der Waals surface area contributed by atoms with Gasteiger partial charge >= 0.3 is 0 Å². The number of carbonyl (C=O) groups is 1. The van der Waals surface area contributed by atoms with E-state index in [1.54, 1.807) is 6.20 Å². The van der Waals surface area contributed by atoms with E-state index in [4.69, 9.17) is 4.74 Å². The Bertz CT molecular complexity index is 900. The minimum atomic E-state index is -3.01. The number of carbonyl (C=O) groups excluding carboxylic acids is 1. The third kappa shape index (κ3) is 3.41. The van der Waals surface area contributed by atoms with Crippen molar-refractivity contribution in [2.24, 2.45) is 0 Å². The molecule has 0 aliphatic carbocycles. The molecule has 2 aromatic heterocycles. The quantitative estimate of drug-likeness (QED) is 0.881. The Morgan fingerprint density at radius 3 is 3.00 bits per heavy atom. The van der Waals surface area contributed by atoms with Gasteiger partial charge in [-0.2, -0.15) is 0 Å². The molecule has 0 unspecified atom stereocenters. The van der Waals surface area contributed by atoms with Gasteiger partial charge in [-0.25, -0.2) is 13.4 Å². The fourth-order valence-electron chi connectivity index (χ4n) is 3.68. The van der Waals surface area contributed by atoms with Crippen molar-refractivity contribution in [3.05, 3.63) is 30.1 Å². The van der Waals surface area contributed by atoms with E-state index in [9.17, 15) is 13.2 Å². The summed E-state index contributed by atoms with van der Waals surface area (Å²) in [5.41, 5.74) is 1.71. The molecule has 0 aromatic carbocycles. The van der Waals surface area contributed by atoms with Crippen molar-refractivity contribution in [1.29, 1.82) is 0 Å². The van der Waals surface area contributed by atoms with Crippen molar-refractivity contribution in [2.45, 2.75) is 38.0 Å². The first kappa shape index (κ1) is 16.5. The van der Waals surface area contributed by atoms with Gasteiger partial charge in [0.05, 0.1) is 17.6 Å². The average Bonchev–Trinajstić information content (AvgIpc) is 3.27. The maximum absolute atomic E-state index is 12.5. The molecular formula is C17H21N3O4S. The number of aromatic nitrogens is 2. The number of ether oxygens (including phenoxy) is 1. The number of amides is 1. The van der Waals surface area contributed by atoms with Crippen LogP contribution in [0.4, 0.5) is 0 Å². The Kier molecular flexibility index (Phi) is 4.24. The standard InChI is InChI=1S/C17H21N3O4S/c21-16(19-13-5-8-25(22,23)11-13)10-20-14(15-4-2-7-24-15)9-12-3-1-6-18-17(12)20/h1,3,6,9,13,15H,2,4-5,7-8,10-11H2,(H,19,21)/t13-,15+/m1/s1. The van der Waals surface area contributed by atoms with Gasteiger partial charge in [0.1, 0.15) is 12.2 Å². The summed E-state index contributed by atoms with van der Waals surface area (Å²) >= 11 is 0. The average molecular weight is 363 g/mol. The fraction of sp³-hybridized carbons (Fsp3) is 0.529. The molecule has 1 amide bonds. The van der Waals surface area contributed by atoms with Crippen LogP contribution in [0.15, 0.2) is 24.4 Å². The minimum Gasteiger partial charge on any atom is -0.372 e. The summed E-state index contributed by atoms with van der Waals surface area (Å²) in [7, 11) is -3.01. The van der Waals surface area contributed by atoms with Crippen LogP contribution in [0.5, 0.6) is 0 Å². The lowest BCUT2D eigenvalue weighted by Gasteiger charge is -2.16. The summed E-state index contributed by atoms with van der Waals surface area (Å²) in [5, 5.41) is 3.82. The lowest BCUT2D eigenvalue weighted by atomic mass is 10.2. The van der Waals surface area contributed by atoms with Crippen LogP contribution in [0, 0.1) is 0 Å². The molecule has 0 radical (unpaired) electrons. The number of fused-ring (bicyclic) bond motifs is 1. The van der Waals surface area contributed by atoms with Gasteiger partial charge in [-0.3, -0.25) is 4.79 Å². The zero-order valence-corrected chi connectivity index (χ0v) is 14.7. The van der Waals surface area contributed by atoms with Crippen molar-refractivity contribution in [1.82, 2.24) is 14.9 Å². The summed E-state index contributed by atoms with van der Waals surface area (Å²) in [6, 6.07) is 5.58. The molecule has 0 spiro atoms. The van der Waals surface area contributed by atoms with Crippen LogP contribution >= 0.6 is 0 Å². The van der Waals surface area contributed by atoms with Crippen LogP contribution in [0.2, 0.25) is 0 Å². The van der Waals surface area contributed by atoms with Gasteiger partial charge in [-0.15, -0.1) is 0 Å². The summed E-state index contributed by atoms with van der Waals surface area (Å²) < 4.78 is 30.8. The van der Waals surface area contributed by atoms with E-state index in [0.29, 0.717) is 6.42 Å². The fourth-order valence-corrected chi connectivity index (χ4v) is 5.35. The normalized spacial score (nSPS) is 25.4. The van der Waals surface area contributed by atoms with Crippen molar-refractivity contribution in [2.75, 3.05) is 18.1 Å². The second-order valence-corrected chi connectivity index (χ2v) is 8.97. The monoisotopic (exact) mass is 363 g/mol. The van der Waals surface area contributed by atoms with Gasteiger partial charge in [0.2, 0.25) is 5.91 Å². The van der Waals surface area contributed by atoms with Gasteiger partial charge in [0, 0.05) is 29.9 Å². The van der Waals surface area contributed by atoms with Crippen LogP contribution < -0.4 is 5.32 Å².